The Kier molecular flexibility index (Phi) is 6.69. The lowest BCUT2D eigenvalue weighted by Gasteiger charge is -2.31. The van der Waals surface area contributed by atoms with Crippen molar-refractivity contribution in [1.29, 1.82) is 0 Å². The first-order chi connectivity index (χ1) is 14.4. The zero-order valence-corrected chi connectivity index (χ0v) is 18.5. The fourth-order valence-electron chi connectivity index (χ4n) is 3.26. The number of hydrogen-bond donors (Lipinski definition) is 3. The highest BCUT2D eigenvalue weighted by Crippen LogP contribution is 2.36. The Bertz CT molecular complexity index is 1030. The molecule has 9 heteroatoms. The van der Waals surface area contributed by atoms with Crippen molar-refractivity contribution in [3.63, 3.8) is 0 Å². The quantitative estimate of drug-likeness (QED) is 0.581. The second-order valence-corrected chi connectivity index (χ2v) is 7.32. The highest BCUT2D eigenvalue weighted by molar-refractivity contribution is 7.80. The summed E-state index contributed by atoms with van der Waals surface area (Å²) in [5.41, 5.74) is 2.23. The van der Waals surface area contributed by atoms with Gasteiger partial charge in [-0.3, -0.25) is 4.79 Å². The van der Waals surface area contributed by atoms with Gasteiger partial charge in [-0.15, -0.1) is 0 Å². The Morgan fingerprint density at radius 2 is 1.77 bits per heavy atom. The number of allylic oxidation sites excluding steroid dienone is 1. The lowest BCUT2D eigenvalue weighted by atomic mass is 9.94. The number of carbonyl (C=O) groups excluding carboxylic acids is 1. The predicted octanol–water partition coefficient (Wildman–Crippen LogP) is 3.80. The van der Waals surface area contributed by atoms with Crippen LogP contribution in [-0.2, 0) is 4.79 Å². The summed E-state index contributed by atoms with van der Waals surface area (Å²) < 4.78 is 16.2. The summed E-state index contributed by atoms with van der Waals surface area (Å²) in [4.78, 5) is 13.3. The van der Waals surface area contributed by atoms with Crippen molar-refractivity contribution in [2.75, 3.05) is 26.6 Å². The maximum Gasteiger partial charge on any atom is 0.255 e. The van der Waals surface area contributed by atoms with E-state index in [1.54, 1.807) is 51.5 Å². The predicted molar refractivity (Wildman–Crippen MR) is 120 cm³/mol. The zero-order chi connectivity index (χ0) is 21.8. The molecule has 3 N–H and O–H groups in total. The largest absolute Gasteiger partial charge is 0.497 e. The van der Waals surface area contributed by atoms with Crippen molar-refractivity contribution < 1.29 is 19.0 Å². The van der Waals surface area contributed by atoms with Crippen molar-refractivity contribution in [2.45, 2.75) is 13.0 Å². The third-order valence-corrected chi connectivity index (χ3v) is 5.13. The Morgan fingerprint density at radius 1 is 1.07 bits per heavy atom. The molecule has 0 aliphatic carbocycles. The van der Waals surface area contributed by atoms with E-state index in [9.17, 15) is 4.79 Å². The topological polar surface area (TPSA) is 80.9 Å². The van der Waals surface area contributed by atoms with Gasteiger partial charge in [0.05, 0.1) is 38.6 Å². The molecule has 0 bridgehead atoms. The van der Waals surface area contributed by atoms with Crippen LogP contribution in [0.15, 0.2) is 47.7 Å². The number of rotatable bonds is 6. The average molecular weight is 448 g/mol. The summed E-state index contributed by atoms with van der Waals surface area (Å²) in [6.45, 7) is 1.79. The normalized spacial score (nSPS) is 15.8. The number of ether oxygens (including phenoxy) is 3. The molecule has 2 aromatic carbocycles. The molecule has 158 valence electrons. The van der Waals surface area contributed by atoms with Gasteiger partial charge in [-0.05, 0) is 55.5 Å². The summed E-state index contributed by atoms with van der Waals surface area (Å²) in [7, 11) is 4.67. The summed E-state index contributed by atoms with van der Waals surface area (Å²) in [5, 5.41) is 9.93. The van der Waals surface area contributed by atoms with Gasteiger partial charge in [0, 0.05) is 16.3 Å². The average Bonchev–Trinajstić information content (AvgIpc) is 2.72. The minimum absolute atomic E-state index is 0.342. The zero-order valence-electron chi connectivity index (χ0n) is 17.0. The minimum atomic E-state index is -0.561. The van der Waals surface area contributed by atoms with E-state index in [1.165, 1.54) is 7.11 Å². The maximum absolute atomic E-state index is 13.3. The Morgan fingerprint density at radius 3 is 2.43 bits per heavy atom. The van der Waals surface area contributed by atoms with Gasteiger partial charge in [0.15, 0.2) is 5.11 Å². The number of hydrogen-bond acceptors (Lipinski definition) is 5. The Balaban J connectivity index is 2.05. The molecule has 1 amide bonds. The summed E-state index contributed by atoms with van der Waals surface area (Å²) in [6.07, 6.45) is 0. The van der Waals surface area contributed by atoms with Gasteiger partial charge in [0.25, 0.3) is 5.91 Å². The molecular weight excluding hydrogens is 426 g/mol. The van der Waals surface area contributed by atoms with E-state index in [2.05, 4.69) is 16.0 Å². The molecule has 2 aromatic rings. The van der Waals surface area contributed by atoms with Crippen molar-refractivity contribution in [2.24, 2.45) is 0 Å². The first-order valence-corrected chi connectivity index (χ1v) is 9.81. The number of amides is 1. The fourth-order valence-corrected chi connectivity index (χ4v) is 3.70. The molecule has 0 unspecified atom stereocenters. The van der Waals surface area contributed by atoms with Crippen LogP contribution in [0.25, 0.3) is 0 Å². The monoisotopic (exact) mass is 447 g/mol. The van der Waals surface area contributed by atoms with E-state index in [4.69, 9.17) is 38.0 Å². The van der Waals surface area contributed by atoms with Gasteiger partial charge in [-0.25, -0.2) is 0 Å². The van der Waals surface area contributed by atoms with Crippen LogP contribution in [-0.4, -0.2) is 32.3 Å². The Labute approximate surface area is 185 Å². The molecule has 1 atom stereocenters. The molecule has 0 spiro atoms. The lowest BCUT2D eigenvalue weighted by molar-refractivity contribution is -0.113. The van der Waals surface area contributed by atoms with E-state index in [0.717, 1.165) is 0 Å². The Hall–Kier alpha value is -2.97. The van der Waals surface area contributed by atoms with E-state index in [1.807, 2.05) is 6.07 Å². The molecule has 0 saturated carbocycles. The molecule has 1 heterocycles. The molecule has 1 aliphatic rings. The van der Waals surface area contributed by atoms with Gasteiger partial charge in [0.2, 0.25) is 0 Å². The van der Waals surface area contributed by atoms with Crippen molar-refractivity contribution in [1.82, 2.24) is 10.6 Å². The third-order valence-electron chi connectivity index (χ3n) is 4.67. The second-order valence-electron chi connectivity index (χ2n) is 6.48. The fraction of sp³-hybridized carbons (Fsp3) is 0.238. The van der Waals surface area contributed by atoms with Gasteiger partial charge in [-0.2, -0.15) is 0 Å². The van der Waals surface area contributed by atoms with Crippen LogP contribution in [0.4, 0.5) is 5.69 Å². The van der Waals surface area contributed by atoms with Crippen LogP contribution in [0.5, 0.6) is 17.2 Å². The smallest absolute Gasteiger partial charge is 0.255 e. The number of carbonyl (C=O) groups is 1. The van der Waals surface area contributed by atoms with Gasteiger partial charge >= 0.3 is 0 Å². The van der Waals surface area contributed by atoms with Gasteiger partial charge < -0.3 is 30.2 Å². The van der Waals surface area contributed by atoms with Gasteiger partial charge in [0.1, 0.15) is 17.2 Å². The van der Waals surface area contributed by atoms with Crippen LogP contribution in [0, 0.1) is 0 Å². The SMILES string of the molecule is COc1ccc(OC)c([C@H]2NC(=S)NC(C)=C2C(=O)Nc2cc(Cl)ccc2OC)c1. The number of anilines is 1. The standard InChI is InChI=1S/C21H22ClN3O4S/c1-11-18(20(26)24-15-9-12(22)5-7-17(15)29-4)19(25-21(30)23-11)14-10-13(27-2)6-8-16(14)28-3/h5-10,19H,1-4H3,(H,24,26)(H2,23,25,30)/t19-/m1/s1. The molecule has 0 radical (unpaired) electrons. The van der Waals surface area contributed by atoms with Crippen molar-refractivity contribution >= 4 is 40.5 Å². The van der Waals surface area contributed by atoms with Crippen molar-refractivity contribution in [3.05, 3.63) is 58.3 Å². The lowest BCUT2D eigenvalue weighted by Crippen LogP contribution is -2.45. The number of benzene rings is 2. The highest BCUT2D eigenvalue weighted by Gasteiger charge is 2.32. The molecule has 1 aliphatic heterocycles. The molecule has 7 nitrogen and oxygen atoms in total. The first-order valence-electron chi connectivity index (χ1n) is 9.03. The van der Waals surface area contributed by atoms with Crippen LogP contribution in [0.3, 0.4) is 0 Å². The van der Waals surface area contributed by atoms with E-state index < -0.39 is 6.04 Å². The number of thiocarbonyl (C=S) groups is 1. The highest BCUT2D eigenvalue weighted by atomic mass is 35.5. The molecule has 0 aromatic heterocycles. The van der Waals surface area contributed by atoms with Crippen LogP contribution < -0.4 is 30.2 Å². The number of halogens is 1. The minimum Gasteiger partial charge on any atom is -0.497 e. The molecular formula is C21H22ClN3O4S. The number of nitrogens with one attached hydrogen (secondary N) is 3. The van der Waals surface area contributed by atoms with E-state index in [-0.39, 0.29) is 5.91 Å². The van der Waals surface area contributed by atoms with Crippen LogP contribution >= 0.6 is 23.8 Å². The van der Waals surface area contributed by atoms with Crippen molar-refractivity contribution in [3.8, 4) is 17.2 Å². The van der Waals surface area contributed by atoms with E-state index in [0.29, 0.717) is 49.9 Å². The van der Waals surface area contributed by atoms with Crippen LogP contribution in [0.1, 0.15) is 18.5 Å². The molecule has 0 saturated heterocycles. The maximum atomic E-state index is 13.3. The second kappa shape index (κ2) is 9.23. The molecule has 3 rings (SSSR count). The third kappa shape index (κ3) is 4.44. The summed E-state index contributed by atoms with van der Waals surface area (Å²) >= 11 is 11.4. The summed E-state index contributed by atoms with van der Waals surface area (Å²) in [6, 6.07) is 9.82. The van der Waals surface area contributed by atoms with Gasteiger partial charge in [-0.1, -0.05) is 11.6 Å². The number of methoxy groups -OCH3 is 3. The molecule has 0 fully saturated rings. The first kappa shape index (κ1) is 21.7. The summed E-state index contributed by atoms with van der Waals surface area (Å²) in [5.74, 6) is 1.38. The van der Waals surface area contributed by atoms with Crippen LogP contribution in [0.2, 0.25) is 5.02 Å². The van der Waals surface area contributed by atoms with E-state index >= 15 is 0 Å². The molecule has 30 heavy (non-hydrogen) atoms.